The zero-order valence-corrected chi connectivity index (χ0v) is 11.6. The van der Waals surface area contributed by atoms with E-state index in [1.54, 1.807) is 12.1 Å². The third-order valence-electron chi connectivity index (χ3n) is 4.42. The van der Waals surface area contributed by atoms with Crippen LogP contribution in [0.2, 0.25) is 0 Å². The van der Waals surface area contributed by atoms with Crippen LogP contribution in [0.25, 0.3) is 11.0 Å². The molecule has 2 N–H and O–H groups in total. The Morgan fingerprint density at radius 2 is 2.10 bits per heavy atom. The van der Waals surface area contributed by atoms with Crippen LogP contribution >= 0.6 is 0 Å². The SMILES string of the molecule is CC(C1CCC1)n1c(=O)c(=O)[nH]c2c(C(=O)O)cccc21. The van der Waals surface area contributed by atoms with Gasteiger partial charge in [0.2, 0.25) is 0 Å². The lowest BCUT2D eigenvalue weighted by Crippen LogP contribution is -2.40. The number of nitrogens with zero attached hydrogens (tertiary/aromatic N) is 1. The summed E-state index contributed by atoms with van der Waals surface area (Å²) in [6.07, 6.45) is 3.19. The zero-order chi connectivity index (χ0) is 15.1. The number of carboxylic acids is 1. The maximum atomic E-state index is 12.2. The normalized spacial score (nSPS) is 16.6. The van der Waals surface area contributed by atoms with Crippen LogP contribution in [0.1, 0.15) is 42.6 Å². The van der Waals surface area contributed by atoms with Gasteiger partial charge >= 0.3 is 17.1 Å². The van der Waals surface area contributed by atoms with Crippen molar-refractivity contribution in [1.29, 1.82) is 0 Å². The number of hydrogen-bond donors (Lipinski definition) is 2. The van der Waals surface area contributed by atoms with E-state index in [0.717, 1.165) is 19.3 Å². The zero-order valence-electron chi connectivity index (χ0n) is 11.6. The minimum Gasteiger partial charge on any atom is -0.478 e. The number of hydrogen-bond acceptors (Lipinski definition) is 3. The Bertz CT molecular complexity index is 830. The molecule has 1 heterocycles. The molecule has 1 unspecified atom stereocenters. The number of aromatic nitrogens is 2. The van der Waals surface area contributed by atoms with Gasteiger partial charge in [-0.1, -0.05) is 12.5 Å². The Hall–Kier alpha value is -2.37. The van der Waals surface area contributed by atoms with Crippen molar-refractivity contribution in [2.75, 3.05) is 0 Å². The Morgan fingerprint density at radius 3 is 2.67 bits per heavy atom. The molecule has 6 heteroatoms. The van der Waals surface area contributed by atoms with Crippen LogP contribution < -0.4 is 11.1 Å². The minimum atomic E-state index is -1.13. The fourth-order valence-electron chi connectivity index (χ4n) is 2.97. The highest BCUT2D eigenvalue weighted by Gasteiger charge is 2.28. The van der Waals surface area contributed by atoms with Gasteiger partial charge in [0.1, 0.15) is 0 Å². The van der Waals surface area contributed by atoms with Crippen molar-refractivity contribution < 1.29 is 9.90 Å². The molecular formula is C15H16N2O4. The molecule has 110 valence electrons. The molecular weight excluding hydrogens is 272 g/mol. The maximum Gasteiger partial charge on any atom is 0.337 e. The van der Waals surface area contributed by atoms with E-state index in [4.69, 9.17) is 0 Å². The lowest BCUT2D eigenvalue weighted by atomic mass is 9.80. The van der Waals surface area contributed by atoms with Crippen molar-refractivity contribution in [3.8, 4) is 0 Å². The van der Waals surface area contributed by atoms with Crippen molar-refractivity contribution >= 4 is 17.0 Å². The summed E-state index contributed by atoms with van der Waals surface area (Å²) >= 11 is 0. The molecule has 0 spiro atoms. The van der Waals surface area contributed by atoms with Gasteiger partial charge in [0, 0.05) is 6.04 Å². The third kappa shape index (κ3) is 2.07. The number of rotatable bonds is 3. The van der Waals surface area contributed by atoms with Crippen molar-refractivity contribution in [3.05, 3.63) is 44.5 Å². The number of carboxylic acid groups (broad SMARTS) is 1. The van der Waals surface area contributed by atoms with Crippen LogP contribution in [0, 0.1) is 5.92 Å². The van der Waals surface area contributed by atoms with E-state index in [-0.39, 0.29) is 17.1 Å². The van der Waals surface area contributed by atoms with E-state index < -0.39 is 17.1 Å². The first-order valence-electron chi connectivity index (χ1n) is 7.01. The monoisotopic (exact) mass is 288 g/mol. The van der Waals surface area contributed by atoms with Gasteiger partial charge in [0.05, 0.1) is 16.6 Å². The van der Waals surface area contributed by atoms with E-state index in [2.05, 4.69) is 4.98 Å². The maximum absolute atomic E-state index is 12.2. The predicted octanol–water partition coefficient (Wildman–Crippen LogP) is 1.75. The van der Waals surface area contributed by atoms with Gasteiger partial charge in [0.15, 0.2) is 0 Å². The van der Waals surface area contributed by atoms with Crippen molar-refractivity contribution in [1.82, 2.24) is 9.55 Å². The second-order valence-corrected chi connectivity index (χ2v) is 5.57. The summed E-state index contributed by atoms with van der Waals surface area (Å²) in [5.74, 6) is -0.765. The van der Waals surface area contributed by atoms with E-state index in [0.29, 0.717) is 11.4 Å². The van der Waals surface area contributed by atoms with E-state index in [1.807, 2.05) is 6.92 Å². The fourth-order valence-corrected chi connectivity index (χ4v) is 2.97. The molecule has 2 aromatic rings. The Morgan fingerprint density at radius 1 is 1.38 bits per heavy atom. The molecule has 1 aliphatic rings. The van der Waals surface area contributed by atoms with Gasteiger partial charge in [0.25, 0.3) is 0 Å². The summed E-state index contributed by atoms with van der Waals surface area (Å²) in [5.41, 5.74) is -0.717. The average molecular weight is 288 g/mol. The smallest absolute Gasteiger partial charge is 0.337 e. The molecule has 1 atom stereocenters. The summed E-state index contributed by atoms with van der Waals surface area (Å²) in [5, 5.41) is 9.23. The molecule has 6 nitrogen and oxygen atoms in total. The number of carbonyl (C=O) groups is 1. The van der Waals surface area contributed by atoms with Crippen molar-refractivity contribution in [2.45, 2.75) is 32.2 Å². The van der Waals surface area contributed by atoms with Gasteiger partial charge in [-0.2, -0.15) is 0 Å². The lowest BCUT2D eigenvalue weighted by Gasteiger charge is -2.33. The highest BCUT2D eigenvalue weighted by Crippen LogP contribution is 2.36. The summed E-state index contributed by atoms with van der Waals surface area (Å²) in [7, 11) is 0. The molecule has 0 aliphatic heterocycles. The van der Waals surface area contributed by atoms with Crippen LogP contribution in [0.15, 0.2) is 27.8 Å². The first-order chi connectivity index (χ1) is 10.0. The van der Waals surface area contributed by atoms with E-state index in [9.17, 15) is 19.5 Å². The van der Waals surface area contributed by atoms with Crippen LogP contribution in [0.4, 0.5) is 0 Å². The largest absolute Gasteiger partial charge is 0.478 e. The Labute approximate surface area is 120 Å². The standard InChI is InChI=1S/C15H16N2O4/c1-8(9-4-2-5-9)17-11-7-3-6-10(15(20)21)12(11)16-13(18)14(17)19/h3,6-9H,2,4-5H2,1H3,(H,16,18)(H,20,21). The fraction of sp³-hybridized carbons (Fsp3) is 0.400. The highest BCUT2D eigenvalue weighted by atomic mass is 16.4. The molecule has 0 amide bonds. The summed E-state index contributed by atoms with van der Waals surface area (Å²) in [6.45, 7) is 1.91. The molecule has 0 bridgehead atoms. The molecule has 3 rings (SSSR count). The van der Waals surface area contributed by atoms with Gasteiger partial charge < -0.3 is 10.1 Å². The van der Waals surface area contributed by atoms with Crippen LogP contribution in [0.3, 0.4) is 0 Å². The third-order valence-corrected chi connectivity index (χ3v) is 4.42. The number of benzene rings is 1. The molecule has 21 heavy (non-hydrogen) atoms. The first-order valence-corrected chi connectivity index (χ1v) is 7.01. The number of para-hydroxylation sites is 1. The average Bonchev–Trinajstić information content (AvgIpc) is 2.37. The number of aromatic carboxylic acids is 1. The van der Waals surface area contributed by atoms with Crippen LogP contribution in [-0.2, 0) is 0 Å². The molecule has 0 saturated heterocycles. The van der Waals surface area contributed by atoms with Crippen LogP contribution in [-0.4, -0.2) is 20.6 Å². The van der Waals surface area contributed by atoms with Crippen molar-refractivity contribution in [2.24, 2.45) is 5.92 Å². The predicted molar refractivity (Wildman–Crippen MR) is 77.8 cm³/mol. The molecule has 1 aromatic carbocycles. The number of nitrogens with one attached hydrogen (secondary N) is 1. The molecule has 1 aliphatic carbocycles. The summed E-state index contributed by atoms with van der Waals surface area (Å²) in [6, 6.07) is 4.57. The number of aromatic amines is 1. The molecule has 1 fully saturated rings. The van der Waals surface area contributed by atoms with Crippen LogP contribution in [0.5, 0.6) is 0 Å². The summed E-state index contributed by atoms with van der Waals surface area (Å²) < 4.78 is 1.45. The second kappa shape index (κ2) is 4.87. The first kappa shape index (κ1) is 13.6. The topological polar surface area (TPSA) is 92.2 Å². The Balaban J connectivity index is 2.34. The lowest BCUT2D eigenvalue weighted by molar-refractivity contribution is 0.0698. The van der Waals surface area contributed by atoms with Gasteiger partial charge in [-0.3, -0.25) is 14.2 Å². The molecule has 1 aromatic heterocycles. The van der Waals surface area contributed by atoms with Gasteiger partial charge in [-0.05, 0) is 37.8 Å². The second-order valence-electron chi connectivity index (χ2n) is 5.57. The quantitative estimate of drug-likeness (QED) is 0.842. The highest BCUT2D eigenvalue weighted by molar-refractivity contribution is 6.00. The van der Waals surface area contributed by atoms with E-state index in [1.165, 1.54) is 10.6 Å². The summed E-state index contributed by atoms with van der Waals surface area (Å²) in [4.78, 5) is 37.8. The Kier molecular flexibility index (Phi) is 3.16. The van der Waals surface area contributed by atoms with Crippen molar-refractivity contribution in [3.63, 3.8) is 0 Å². The molecule has 0 radical (unpaired) electrons. The molecule has 1 saturated carbocycles. The van der Waals surface area contributed by atoms with Gasteiger partial charge in [-0.25, -0.2) is 4.79 Å². The van der Waals surface area contributed by atoms with Gasteiger partial charge in [-0.15, -0.1) is 0 Å². The number of fused-ring (bicyclic) bond motifs is 1. The minimum absolute atomic E-state index is 0.000778. The number of H-pyrrole nitrogens is 1. The van der Waals surface area contributed by atoms with E-state index >= 15 is 0 Å².